The van der Waals surface area contributed by atoms with Gasteiger partial charge in [-0.2, -0.15) is 0 Å². The van der Waals surface area contributed by atoms with E-state index in [1.54, 1.807) is 54.6 Å². The maximum Gasteiger partial charge on any atom is 0.264 e. The predicted octanol–water partition coefficient (Wildman–Crippen LogP) is 4.70. The SMILES string of the molecule is CCOc1ccc(N(CC(=O)NCc2ccc(OCC)c(OCC)c2)S(=O)(=O)c2ccc(C)cc2)cc1. The normalized spacial score (nSPS) is 11.0. The van der Waals surface area contributed by atoms with Gasteiger partial charge in [0.2, 0.25) is 5.91 Å². The van der Waals surface area contributed by atoms with Crippen LogP contribution in [0.25, 0.3) is 0 Å². The Hall–Kier alpha value is -3.72. The van der Waals surface area contributed by atoms with Crippen LogP contribution in [-0.4, -0.2) is 40.7 Å². The lowest BCUT2D eigenvalue weighted by atomic mass is 10.2. The minimum atomic E-state index is -4.00. The topological polar surface area (TPSA) is 94.2 Å². The first-order valence-electron chi connectivity index (χ1n) is 12.3. The number of rotatable bonds is 13. The average Bonchev–Trinajstić information content (AvgIpc) is 2.88. The summed E-state index contributed by atoms with van der Waals surface area (Å²) in [6, 6.07) is 18.6. The van der Waals surface area contributed by atoms with E-state index in [4.69, 9.17) is 14.2 Å². The van der Waals surface area contributed by atoms with E-state index in [9.17, 15) is 13.2 Å². The third-order valence-corrected chi connectivity index (χ3v) is 7.22. The van der Waals surface area contributed by atoms with Crippen LogP contribution in [0.5, 0.6) is 17.2 Å². The predicted molar refractivity (Wildman–Crippen MR) is 144 cm³/mol. The van der Waals surface area contributed by atoms with E-state index in [0.29, 0.717) is 42.8 Å². The number of ether oxygens (including phenoxy) is 3. The van der Waals surface area contributed by atoms with Gasteiger partial charge in [0.15, 0.2) is 11.5 Å². The molecule has 0 radical (unpaired) electrons. The van der Waals surface area contributed by atoms with Crippen LogP contribution in [0.3, 0.4) is 0 Å². The van der Waals surface area contributed by atoms with Gasteiger partial charge in [-0.25, -0.2) is 8.42 Å². The molecular weight excluding hydrogens is 492 g/mol. The smallest absolute Gasteiger partial charge is 0.264 e. The summed E-state index contributed by atoms with van der Waals surface area (Å²) in [5.74, 6) is 1.39. The lowest BCUT2D eigenvalue weighted by Gasteiger charge is -2.24. The third kappa shape index (κ3) is 7.39. The largest absolute Gasteiger partial charge is 0.494 e. The van der Waals surface area contributed by atoms with Gasteiger partial charge >= 0.3 is 0 Å². The first-order valence-corrected chi connectivity index (χ1v) is 13.7. The molecule has 0 aromatic heterocycles. The number of hydrogen-bond acceptors (Lipinski definition) is 6. The van der Waals surface area contributed by atoms with E-state index in [-0.39, 0.29) is 18.0 Å². The molecule has 198 valence electrons. The number of sulfonamides is 1. The van der Waals surface area contributed by atoms with Crippen molar-refractivity contribution in [1.29, 1.82) is 0 Å². The summed E-state index contributed by atoms with van der Waals surface area (Å²) in [7, 11) is -4.00. The fourth-order valence-corrected chi connectivity index (χ4v) is 5.04. The number of anilines is 1. The number of nitrogens with one attached hydrogen (secondary N) is 1. The van der Waals surface area contributed by atoms with Gasteiger partial charge in [0.1, 0.15) is 12.3 Å². The molecule has 0 unspecified atom stereocenters. The summed E-state index contributed by atoms with van der Waals surface area (Å²) >= 11 is 0. The number of hydrogen-bond donors (Lipinski definition) is 1. The van der Waals surface area contributed by atoms with Crippen LogP contribution in [0.4, 0.5) is 5.69 Å². The molecule has 1 amide bonds. The Labute approximate surface area is 219 Å². The zero-order valence-electron chi connectivity index (χ0n) is 21.7. The highest BCUT2D eigenvalue weighted by Crippen LogP contribution is 2.29. The summed E-state index contributed by atoms with van der Waals surface area (Å²) in [5.41, 5.74) is 2.10. The summed E-state index contributed by atoms with van der Waals surface area (Å²) in [6.45, 7) is 8.81. The molecule has 0 atom stereocenters. The highest BCUT2D eigenvalue weighted by atomic mass is 32.2. The number of nitrogens with zero attached hydrogens (tertiary/aromatic N) is 1. The summed E-state index contributed by atoms with van der Waals surface area (Å²) in [5, 5.41) is 2.82. The van der Waals surface area contributed by atoms with E-state index in [1.807, 2.05) is 39.8 Å². The van der Waals surface area contributed by atoms with Crippen LogP contribution >= 0.6 is 0 Å². The van der Waals surface area contributed by atoms with Crippen molar-refractivity contribution in [1.82, 2.24) is 5.32 Å². The molecule has 0 saturated heterocycles. The molecular formula is C28H34N2O6S. The van der Waals surface area contributed by atoms with Crippen molar-refractivity contribution in [2.24, 2.45) is 0 Å². The molecule has 3 rings (SSSR count). The van der Waals surface area contributed by atoms with E-state index < -0.39 is 15.9 Å². The number of carbonyl (C=O) groups is 1. The van der Waals surface area contributed by atoms with Gasteiger partial charge < -0.3 is 19.5 Å². The van der Waals surface area contributed by atoms with Crippen molar-refractivity contribution in [2.45, 2.75) is 39.1 Å². The van der Waals surface area contributed by atoms with Crippen molar-refractivity contribution >= 4 is 21.6 Å². The van der Waals surface area contributed by atoms with Crippen molar-refractivity contribution in [2.75, 3.05) is 30.7 Å². The number of aryl methyl sites for hydroxylation is 1. The Kier molecular flexibility index (Phi) is 9.79. The van der Waals surface area contributed by atoms with Crippen molar-refractivity contribution in [3.63, 3.8) is 0 Å². The van der Waals surface area contributed by atoms with Crippen molar-refractivity contribution < 1.29 is 27.4 Å². The highest BCUT2D eigenvalue weighted by Gasteiger charge is 2.27. The van der Waals surface area contributed by atoms with Gasteiger partial charge in [0.05, 0.1) is 30.4 Å². The van der Waals surface area contributed by atoms with Crippen LogP contribution in [0.15, 0.2) is 71.6 Å². The molecule has 9 heteroatoms. The first kappa shape index (κ1) is 27.9. The number of amides is 1. The Morgan fingerprint density at radius 3 is 2.05 bits per heavy atom. The molecule has 37 heavy (non-hydrogen) atoms. The van der Waals surface area contributed by atoms with Crippen LogP contribution in [0.2, 0.25) is 0 Å². The number of benzene rings is 3. The third-order valence-electron chi connectivity index (χ3n) is 5.43. The minimum absolute atomic E-state index is 0.104. The fourth-order valence-electron chi connectivity index (χ4n) is 3.62. The standard InChI is InChI=1S/C28H34N2O6S/c1-5-34-24-13-11-23(12-14-24)30(37(32,33)25-15-8-21(4)9-16-25)20-28(31)29-19-22-10-17-26(35-6-2)27(18-22)36-7-3/h8-18H,5-7,19-20H2,1-4H3,(H,29,31). The Balaban J connectivity index is 1.82. The summed E-state index contributed by atoms with van der Waals surface area (Å²) in [6.07, 6.45) is 0. The molecule has 0 bridgehead atoms. The molecule has 0 saturated carbocycles. The van der Waals surface area contributed by atoms with Gasteiger partial charge in [-0.15, -0.1) is 0 Å². The zero-order valence-corrected chi connectivity index (χ0v) is 22.5. The maximum atomic E-state index is 13.6. The monoisotopic (exact) mass is 526 g/mol. The second-order valence-electron chi connectivity index (χ2n) is 8.18. The second-order valence-corrected chi connectivity index (χ2v) is 10.0. The molecule has 0 aliphatic rings. The van der Waals surface area contributed by atoms with Gasteiger partial charge in [-0.05, 0) is 81.8 Å². The summed E-state index contributed by atoms with van der Waals surface area (Å²) < 4.78 is 44.9. The zero-order chi connectivity index (χ0) is 26.8. The lowest BCUT2D eigenvalue weighted by Crippen LogP contribution is -2.40. The molecule has 0 spiro atoms. The molecule has 0 heterocycles. The van der Waals surface area contributed by atoms with Gasteiger partial charge in [-0.3, -0.25) is 9.10 Å². The van der Waals surface area contributed by atoms with Crippen LogP contribution in [-0.2, 0) is 21.4 Å². The Morgan fingerprint density at radius 2 is 1.43 bits per heavy atom. The van der Waals surface area contributed by atoms with Crippen LogP contribution < -0.4 is 23.8 Å². The first-order chi connectivity index (χ1) is 17.8. The van der Waals surface area contributed by atoms with Gasteiger partial charge in [-0.1, -0.05) is 23.8 Å². The molecule has 3 aromatic carbocycles. The lowest BCUT2D eigenvalue weighted by molar-refractivity contribution is -0.119. The van der Waals surface area contributed by atoms with Crippen molar-refractivity contribution in [3.05, 3.63) is 77.9 Å². The molecule has 1 N–H and O–H groups in total. The molecule has 0 fully saturated rings. The second kappa shape index (κ2) is 13.0. The molecule has 0 aliphatic carbocycles. The van der Waals surface area contributed by atoms with Crippen molar-refractivity contribution in [3.8, 4) is 17.2 Å². The molecule has 0 aliphatic heterocycles. The minimum Gasteiger partial charge on any atom is -0.494 e. The fraction of sp³-hybridized carbons (Fsp3) is 0.321. The van der Waals surface area contributed by atoms with E-state index in [0.717, 1.165) is 15.4 Å². The van der Waals surface area contributed by atoms with E-state index in [2.05, 4.69) is 5.32 Å². The maximum absolute atomic E-state index is 13.6. The molecule has 8 nitrogen and oxygen atoms in total. The number of carbonyl (C=O) groups excluding carboxylic acids is 1. The van der Waals surface area contributed by atoms with E-state index >= 15 is 0 Å². The van der Waals surface area contributed by atoms with Gasteiger partial charge in [0, 0.05) is 6.54 Å². The molecule has 3 aromatic rings. The van der Waals surface area contributed by atoms with Crippen LogP contribution in [0, 0.1) is 6.92 Å². The van der Waals surface area contributed by atoms with E-state index in [1.165, 1.54) is 0 Å². The average molecular weight is 527 g/mol. The van der Waals surface area contributed by atoms with Gasteiger partial charge in [0.25, 0.3) is 10.0 Å². The Morgan fingerprint density at radius 1 is 0.811 bits per heavy atom. The quantitative estimate of drug-likeness (QED) is 0.347. The highest BCUT2D eigenvalue weighted by molar-refractivity contribution is 7.92. The van der Waals surface area contributed by atoms with Crippen LogP contribution in [0.1, 0.15) is 31.9 Å². The summed E-state index contributed by atoms with van der Waals surface area (Å²) in [4.78, 5) is 13.1. The Bertz CT molecular complexity index is 1280.